The number of ether oxygens (including phenoxy) is 1. The highest BCUT2D eigenvalue weighted by Gasteiger charge is 2.24. The second kappa shape index (κ2) is 7.26. The van der Waals surface area contributed by atoms with Gasteiger partial charge in [0, 0.05) is 21.5 Å². The van der Waals surface area contributed by atoms with Crippen LogP contribution in [0, 0.1) is 0 Å². The Kier molecular flexibility index (Phi) is 4.56. The number of thiophene rings is 2. The Labute approximate surface area is 179 Å². The maximum Gasteiger partial charge on any atom is 0.265 e. The summed E-state index contributed by atoms with van der Waals surface area (Å²) < 4.78 is 5.59. The first-order valence-electron chi connectivity index (χ1n) is 9.43. The molecule has 0 saturated heterocycles. The highest BCUT2D eigenvalue weighted by atomic mass is 32.1. The lowest BCUT2D eigenvalue weighted by Crippen LogP contribution is -2.34. The van der Waals surface area contributed by atoms with Crippen LogP contribution in [-0.4, -0.2) is 22.0 Å². The fourth-order valence-corrected chi connectivity index (χ4v) is 5.17. The molecular weight excluding hydrogens is 420 g/mol. The van der Waals surface area contributed by atoms with Gasteiger partial charge in [-0.15, -0.1) is 22.7 Å². The lowest BCUT2D eigenvalue weighted by atomic mass is 10.2. The molecule has 0 fully saturated rings. The van der Waals surface area contributed by atoms with E-state index in [1.807, 2.05) is 48.0 Å². The highest BCUT2D eigenvalue weighted by molar-refractivity contribution is 7.18. The molecule has 3 N–H and O–H groups in total. The van der Waals surface area contributed by atoms with Gasteiger partial charge in [0.05, 0.1) is 17.1 Å². The molecule has 1 aliphatic rings. The van der Waals surface area contributed by atoms with Crippen LogP contribution in [0.15, 0.2) is 45.9 Å². The number of hydrogen-bond acceptors (Lipinski definition) is 7. The van der Waals surface area contributed by atoms with Crippen LogP contribution in [0.4, 0.5) is 11.4 Å². The number of amides is 1. The predicted molar refractivity (Wildman–Crippen MR) is 121 cm³/mol. The third-order valence-corrected chi connectivity index (χ3v) is 6.73. The molecule has 4 aromatic rings. The number of fused-ring (bicyclic) bond motifs is 2. The van der Waals surface area contributed by atoms with Crippen LogP contribution in [0.2, 0.25) is 0 Å². The van der Waals surface area contributed by atoms with Crippen molar-refractivity contribution in [3.8, 4) is 16.2 Å². The second-order valence-electron chi connectivity index (χ2n) is 7.08. The molecule has 2 atom stereocenters. The van der Waals surface area contributed by atoms with E-state index in [9.17, 15) is 9.59 Å². The first-order chi connectivity index (χ1) is 14.5. The van der Waals surface area contributed by atoms with Crippen molar-refractivity contribution in [2.45, 2.75) is 26.0 Å². The van der Waals surface area contributed by atoms with E-state index in [1.165, 1.54) is 11.3 Å². The smallest absolute Gasteiger partial charge is 0.265 e. The summed E-state index contributed by atoms with van der Waals surface area (Å²) in [7, 11) is 0. The summed E-state index contributed by atoms with van der Waals surface area (Å²) in [5.74, 6) is 1.01. The lowest BCUT2D eigenvalue weighted by Gasteiger charge is -2.24. The molecule has 1 aromatic carbocycles. The molecule has 1 aliphatic heterocycles. The van der Waals surface area contributed by atoms with Gasteiger partial charge in [-0.3, -0.25) is 9.59 Å². The van der Waals surface area contributed by atoms with Crippen molar-refractivity contribution in [1.82, 2.24) is 9.97 Å². The van der Waals surface area contributed by atoms with E-state index in [1.54, 1.807) is 18.3 Å². The largest absolute Gasteiger partial charge is 0.479 e. The van der Waals surface area contributed by atoms with Gasteiger partial charge in [0.2, 0.25) is 0 Å². The molecule has 152 valence electrons. The van der Waals surface area contributed by atoms with Crippen LogP contribution in [0.5, 0.6) is 5.75 Å². The normalized spacial score (nSPS) is 16.6. The van der Waals surface area contributed by atoms with Crippen molar-refractivity contribution in [1.29, 1.82) is 0 Å². The Morgan fingerprint density at radius 1 is 1.23 bits per heavy atom. The average molecular weight is 439 g/mol. The summed E-state index contributed by atoms with van der Waals surface area (Å²) in [6, 6.07) is 9.22. The number of H-pyrrole nitrogens is 1. The van der Waals surface area contributed by atoms with Crippen molar-refractivity contribution >= 4 is 50.2 Å². The van der Waals surface area contributed by atoms with Crippen molar-refractivity contribution in [3.05, 3.63) is 57.3 Å². The molecule has 7 nitrogen and oxygen atoms in total. The van der Waals surface area contributed by atoms with E-state index < -0.39 is 6.10 Å². The van der Waals surface area contributed by atoms with Gasteiger partial charge in [-0.25, -0.2) is 4.98 Å². The van der Waals surface area contributed by atoms with Gasteiger partial charge < -0.3 is 20.4 Å². The number of carbonyl (C=O) groups excluding carboxylic acids is 1. The van der Waals surface area contributed by atoms with Crippen LogP contribution in [-0.2, 0) is 4.79 Å². The number of carbonyl (C=O) groups is 1. The van der Waals surface area contributed by atoms with Crippen LogP contribution >= 0.6 is 22.7 Å². The van der Waals surface area contributed by atoms with Crippen LogP contribution in [0.25, 0.3) is 20.7 Å². The quantitative estimate of drug-likeness (QED) is 0.433. The van der Waals surface area contributed by atoms with E-state index in [0.717, 1.165) is 16.1 Å². The maximum atomic E-state index is 12.8. The van der Waals surface area contributed by atoms with Gasteiger partial charge in [-0.1, -0.05) is 6.07 Å². The van der Waals surface area contributed by atoms with Gasteiger partial charge in [-0.2, -0.15) is 0 Å². The van der Waals surface area contributed by atoms with Gasteiger partial charge in [0.25, 0.3) is 11.5 Å². The standard InChI is InChI=1S/C21H18N4O3S2/c1-10(22-12-5-6-15-14(8-12)23-19(26)11(2)28-15)18-24-20(27)17-13(9-30-21(17)25-18)16-4-3-7-29-16/h3-11,22H,1-2H3,(H,23,26)(H,24,25,27)/t10-,11-/m0/s1. The van der Waals surface area contributed by atoms with Gasteiger partial charge in [0.1, 0.15) is 16.4 Å². The molecule has 0 spiro atoms. The molecule has 0 unspecified atom stereocenters. The minimum Gasteiger partial charge on any atom is -0.479 e. The Morgan fingerprint density at radius 2 is 2.10 bits per heavy atom. The average Bonchev–Trinajstić information content (AvgIpc) is 3.38. The van der Waals surface area contributed by atoms with E-state index in [-0.39, 0.29) is 17.5 Å². The minimum atomic E-state index is -0.513. The SMILES string of the molecule is C[C@@H]1Oc2ccc(N[C@@H](C)c3nc4scc(-c5cccs5)c4c(=O)[nH]3)cc2NC1=O. The third kappa shape index (κ3) is 3.25. The van der Waals surface area contributed by atoms with E-state index in [4.69, 9.17) is 4.74 Å². The highest BCUT2D eigenvalue weighted by Crippen LogP contribution is 2.35. The minimum absolute atomic E-state index is 0.145. The Balaban J connectivity index is 1.43. The van der Waals surface area contributed by atoms with Gasteiger partial charge in [-0.05, 0) is 43.5 Å². The Hall–Kier alpha value is -3.17. The van der Waals surface area contributed by atoms with Gasteiger partial charge >= 0.3 is 0 Å². The topological polar surface area (TPSA) is 96.1 Å². The summed E-state index contributed by atoms with van der Waals surface area (Å²) in [6.07, 6.45) is -0.513. The molecule has 0 radical (unpaired) electrons. The molecule has 4 heterocycles. The number of rotatable bonds is 4. The number of nitrogens with one attached hydrogen (secondary N) is 3. The third-order valence-electron chi connectivity index (χ3n) is 4.95. The zero-order valence-electron chi connectivity index (χ0n) is 16.2. The summed E-state index contributed by atoms with van der Waals surface area (Å²) in [6.45, 7) is 3.63. The van der Waals surface area contributed by atoms with Crippen molar-refractivity contribution in [2.24, 2.45) is 0 Å². The maximum absolute atomic E-state index is 12.8. The van der Waals surface area contributed by atoms with Crippen LogP contribution < -0.4 is 20.9 Å². The number of hydrogen-bond donors (Lipinski definition) is 3. The van der Waals surface area contributed by atoms with Crippen LogP contribution in [0.3, 0.4) is 0 Å². The molecule has 1 amide bonds. The number of aromatic amines is 1. The first-order valence-corrected chi connectivity index (χ1v) is 11.2. The Bertz CT molecular complexity index is 1310. The van der Waals surface area contributed by atoms with Crippen LogP contribution in [0.1, 0.15) is 25.7 Å². The molecule has 5 rings (SSSR count). The summed E-state index contributed by atoms with van der Waals surface area (Å²) in [4.78, 5) is 34.0. The van der Waals surface area contributed by atoms with Crippen molar-refractivity contribution < 1.29 is 9.53 Å². The summed E-state index contributed by atoms with van der Waals surface area (Å²) in [5, 5.41) is 10.8. The zero-order valence-corrected chi connectivity index (χ0v) is 17.8. The lowest BCUT2D eigenvalue weighted by molar-refractivity contribution is -0.122. The summed E-state index contributed by atoms with van der Waals surface area (Å²) >= 11 is 3.07. The number of nitrogens with zero attached hydrogens (tertiary/aromatic N) is 1. The molecular formula is C21H18N4O3S2. The molecule has 9 heteroatoms. The number of anilines is 2. The fourth-order valence-electron chi connectivity index (χ4n) is 3.40. The molecule has 3 aromatic heterocycles. The molecule has 0 aliphatic carbocycles. The zero-order chi connectivity index (χ0) is 20.8. The molecule has 30 heavy (non-hydrogen) atoms. The van der Waals surface area contributed by atoms with Crippen molar-refractivity contribution in [3.63, 3.8) is 0 Å². The van der Waals surface area contributed by atoms with E-state index in [0.29, 0.717) is 27.5 Å². The van der Waals surface area contributed by atoms with E-state index >= 15 is 0 Å². The predicted octanol–water partition coefficient (Wildman–Crippen LogP) is 4.61. The molecule has 0 saturated carbocycles. The van der Waals surface area contributed by atoms with E-state index in [2.05, 4.69) is 20.6 Å². The van der Waals surface area contributed by atoms with Gasteiger partial charge in [0.15, 0.2) is 6.10 Å². The van der Waals surface area contributed by atoms with Crippen molar-refractivity contribution in [2.75, 3.05) is 10.6 Å². The fraction of sp³-hybridized carbons (Fsp3) is 0.190. The molecule has 0 bridgehead atoms. The first kappa shape index (κ1) is 18.8. The number of benzene rings is 1. The second-order valence-corrected chi connectivity index (χ2v) is 8.89. The number of aromatic nitrogens is 2. The monoisotopic (exact) mass is 438 g/mol. The Morgan fingerprint density at radius 3 is 2.90 bits per heavy atom. The summed E-state index contributed by atoms with van der Waals surface area (Å²) in [5.41, 5.74) is 2.18.